The molecule has 1 aliphatic heterocycles. The van der Waals surface area contributed by atoms with E-state index in [9.17, 15) is 9.59 Å². The van der Waals surface area contributed by atoms with Gasteiger partial charge in [-0.25, -0.2) is 0 Å². The van der Waals surface area contributed by atoms with E-state index in [2.05, 4.69) is 0 Å². The van der Waals surface area contributed by atoms with E-state index in [0.717, 1.165) is 12.2 Å². The number of nitrogens with zero attached hydrogens (tertiary/aromatic N) is 2. The molecule has 1 aliphatic rings. The van der Waals surface area contributed by atoms with Crippen LogP contribution in [0.1, 0.15) is 25.7 Å². The van der Waals surface area contributed by atoms with Crippen molar-refractivity contribution in [3.05, 3.63) is 30.3 Å². The van der Waals surface area contributed by atoms with E-state index in [0.29, 0.717) is 58.7 Å². The van der Waals surface area contributed by atoms with E-state index >= 15 is 0 Å². The van der Waals surface area contributed by atoms with Gasteiger partial charge in [-0.2, -0.15) is 0 Å². The van der Waals surface area contributed by atoms with E-state index < -0.39 is 0 Å². The van der Waals surface area contributed by atoms with Crippen LogP contribution in [0.2, 0.25) is 0 Å². The first-order chi connectivity index (χ1) is 12.2. The molecule has 0 aromatic heterocycles. The molecule has 1 fully saturated rings. The quantitative estimate of drug-likeness (QED) is 0.674. The molecule has 0 unspecified atom stereocenters. The molecule has 0 radical (unpaired) electrons. The summed E-state index contributed by atoms with van der Waals surface area (Å²) in [5, 5.41) is 0. The van der Waals surface area contributed by atoms with Crippen molar-refractivity contribution in [2.24, 2.45) is 0 Å². The second kappa shape index (κ2) is 10.7. The molecule has 0 atom stereocenters. The fraction of sp³-hybridized carbons (Fsp3) is 0.579. The second-order valence-corrected chi connectivity index (χ2v) is 6.12. The van der Waals surface area contributed by atoms with E-state index in [4.69, 9.17) is 9.47 Å². The maximum absolute atomic E-state index is 12.4. The Hall–Kier alpha value is -2.08. The van der Waals surface area contributed by atoms with E-state index in [1.54, 1.807) is 7.11 Å². The summed E-state index contributed by atoms with van der Waals surface area (Å²) in [6, 6.07) is 9.62. The molecule has 2 amide bonds. The minimum atomic E-state index is 0.104. The third-order valence-electron chi connectivity index (χ3n) is 4.27. The molecule has 1 heterocycles. The third kappa shape index (κ3) is 6.74. The molecule has 0 spiro atoms. The number of ether oxygens (including phenoxy) is 2. The van der Waals surface area contributed by atoms with Gasteiger partial charge in [-0.05, 0) is 25.0 Å². The lowest BCUT2D eigenvalue weighted by Gasteiger charge is -2.22. The molecular weight excluding hydrogens is 320 g/mol. The smallest absolute Gasteiger partial charge is 0.224 e. The lowest BCUT2D eigenvalue weighted by molar-refractivity contribution is -0.134. The Labute approximate surface area is 149 Å². The molecule has 0 saturated carbocycles. The predicted octanol–water partition coefficient (Wildman–Crippen LogP) is 1.94. The highest BCUT2D eigenvalue weighted by atomic mass is 16.5. The summed E-state index contributed by atoms with van der Waals surface area (Å²) in [6.07, 6.45) is 2.40. The molecule has 2 rings (SSSR count). The number of hydrogen-bond acceptors (Lipinski definition) is 4. The van der Waals surface area contributed by atoms with Crippen molar-refractivity contribution in [1.29, 1.82) is 0 Å². The van der Waals surface area contributed by atoms with Gasteiger partial charge in [0, 0.05) is 39.7 Å². The summed E-state index contributed by atoms with van der Waals surface area (Å²) in [7, 11) is 1.59. The van der Waals surface area contributed by atoms with Crippen LogP contribution in [0.4, 0.5) is 0 Å². The Morgan fingerprint density at radius 2 is 1.56 bits per heavy atom. The first-order valence-electron chi connectivity index (χ1n) is 8.93. The van der Waals surface area contributed by atoms with Crippen LogP contribution in [0.3, 0.4) is 0 Å². The maximum Gasteiger partial charge on any atom is 0.224 e. The molecule has 0 bridgehead atoms. The Morgan fingerprint density at radius 1 is 0.920 bits per heavy atom. The fourth-order valence-corrected chi connectivity index (χ4v) is 2.85. The highest BCUT2D eigenvalue weighted by Gasteiger charge is 2.21. The molecule has 0 N–H and O–H groups in total. The molecule has 6 heteroatoms. The number of hydrogen-bond donors (Lipinski definition) is 0. The molecule has 25 heavy (non-hydrogen) atoms. The van der Waals surface area contributed by atoms with Gasteiger partial charge >= 0.3 is 0 Å². The largest absolute Gasteiger partial charge is 0.494 e. The molecule has 138 valence electrons. The first-order valence-corrected chi connectivity index (χ1v) is 8.93. The van der Waals surface area contributed by atoms with Crippen molar-refractivity contribution in [2.75, 3.05) is 46.5 Å². The van der Waals surface area contributed by atoms with Crippen LogP contribution in [0.25, 0.3) is 0 Å². The van der Waals surface area contributed by atoms with Crippen LogP contribution < -0.4 is 4.74 Å². The van der Waals surface area contributed by atoms with Gasteiger partial charge in [0.15, 0.2) is 0 Å². The zero-order chi connectivity index (χ0) is 17.9. The van der Waals surface area contributed by atoms with Crippen LogP contribution in [0, 0.1) is 0 Å². The zero-order valence-corrected chi connectivity index (χ0v) is 15.0. The number of para-hydroxylation sites is 1. The normalized spacial score (nSPS) is 14.9. The highest BCUT2D eigenvalue weighted by molar-refractivity contribution is 5.77. The standard InChI is InChI=1S/C19H28N2O4/c1-24-16-10-19(23)21-12-6-11-20(13-14-21)18(22)9-5-15-25-17-7-3-2-4-8-17/h2-4,7-8H,5-6,9-16H2,1H3. The average Bonchev–Trinajstić information content (AvgIpc) is 2.90. The van der Waals surface area contributed by atoms with Crippen molar-refractivity contribution >= 4 is 11.8 Å². The van der Waals surface area contributed by atoms with Crippen molar-refractivity contribution in [3.8, 4) is 5.75 Å². The monoisotopic (exact) mass is 348 g/mol. The second-order valence-electron chi connectivity index (χ2n) is 6.12. The molecular formula is C19H28N2O4. The summed E-state index contributed by atoms with van der Waals surface area (Å²) in [4.78, 5) is 28.1. The van der Waals surface area contributed by atoms with Crippen LogP contribution in [0.5, 0.6) is 5.75 Å². The van der Waals surface area contributed by atoms with Gasteiger partial charge in [0.05, 0.1) is 19.6 Å². The van der Waals surface area contributed by atoms with Crippen LogP contribution in [0.15, 0.2) is 30.3 Å². The maximum atomic E-state index is 12.4. The topological polar surface area (TPSA) is 59.1 Å². The molecule has 1 saturated heterocycles. The average molecular weight is 348 g/mol. The van der Waals surface area contributed by atoms with Gasteiger partial charge in [0.1, 0.15) is 5.75 Å². The Balaban J connectivity index is 1.67. The van der Waals surface area contributed by atoms with Crippen molar-refractivity contribution in [3.63, 3.8) is 0 Å². The van der Waals surface area contributed by atoms with Crippen LogP contribution in [-0.2, 0) is 14.3 Å². The third-order valence-corrected chi connectivity index (χ3v) is 4.27. The summed E-state index contributed by atoms with van der Waals surface area (Å²) < 4.78 is 10.6. The minimum Gasteiger partial charge on any atom is -0.494 e. The Kier molecular flexibility index (Phi) is 8.25. The predicted molar refractivity (Wildman–Crippen MR) is 95.4 cm³/mol. The first kappa shape index (κ1) is 19.2. The van der Waals surface area contributed by atoms with Gasteiger partial charge in [-0.15, -0.1) is 0 Å². The SMILES string of the molecule is COCCC(=O)N1CCCN(C(=O)CCCOc2ccccc2)CC1. The van der Waals surface area contributed by atoms with Crippen LogP contribution >= 0.6 is 0 Å². The summed E-state index contributed by atoms with van der Waals surface area (Å²) in [6.45, 7) is 3.62. The minimum absolute atomic E-state index is 0.104. The Morgan fingerprint density at radius 3 is 2.20 bits per heavy atom. The summed E-state index contributed by atoms with van der Waals surface area (Å²) in [5.74, 6) is 1.07. The number of rotatable bonds is 8. The van der Waals surface area contributed by atoms with Gasteiger partial charge in [-0.3, -0.25) is 9.59 Å². The number of carbonyl (C=O) groups excluding carboxylic acids is 2. The van der Waals surface area contributed by atoms with Gasteiger partial charge in [-0.1, -0.05) is 18.2 Å². The molecule has 6 nitrogen and oxygen atoms in total. The van der Waals surface area contributed by atoms with Crippen LogP contribution in [-0.4, -0.2) is 68.1 Å². The Bertz CT molecular complexity index is 535. The van der Waals surface area contributed by atoms with E-state index in [1.165, 1.54) is 0 Å². The van der Waals surface area contributed by atoms with E-state index in [1.807, 2.05) is 40.1 Å². The lowest BCUT2D eigenvalue weighted by atomic mass is 10.2. The van der Waals surface area contributed by atoms with Crippen molar-refractivity contribution in [2.45, 2.75) is 25.7 Å². The van der Waals surface area contributed by atoms with Gasteiger partial charge in [0.2, 0.25) is 11.8 Å². The van der Waals surface area contributed by atoms with Gasteiger partial charge < -0.3 is 19.3 Å². The lowest BCUT2D eigenvalue weighted by Crippen LogP contribution is -2.37. The summed E-state index contributed by atoms with van der Waals surface area (Å²) in [5.41, 5.74) is 0. The molecule has 1 aromatic rings. The van der Waals surface area contributed by atoms with Gasteiger partial charge in [0.25, 0.3) is 0 Å². The molecule has 0 aliphatic carbocycles. The highest BCUT2D eigenvalue weighted by Crippen LogP contribution is 2.10. The number of methoxy groups -OCH3 is 1. The summed E-state index contributed by atoms with van der Waals surface area (Å²) >= 11 is 0. The fourth-order valence-electron chi connectivity index (χ4n) is 2.85. The van der Waals surface area contributed by atoms with E-state index in [-0.39, 0.29) is 11.8 Å². The number of amides is 2. The molecule has 1 aromatic carbocycles. The van der Waals surface area contributed by atoms with Crippen molar-refractivity contribution < 1.29 is 19.1 Å². The number of benzene rings is 1. The van der Waals surface area contributed by atoms with Crippen molar-refractivity contribution in [1.82, 2.24) is 9.80 Å². The number of carbonyl (C=O) groups is 2. The zero-order valence-electron chi connectivity index (χ0n) is 15.0.